The van der Waals surface area contributed by atoms with Crippen LogP contribution < -0.4 is 5.32 Å². The number of benzene rings is 1. The Hall–Kier alpha value is -1.91. The number of rotatable bonds is 1. The summed E-state index contributed by atoms with van der Waals surface area (Å²) in [6.07, 6.45) is 0. The SMILES string of the molecule is CC1=NC(C)CNc2c1cccc2[N+](=O)[O-]. The lowest BCUT2D eigenvalue weighted by molar-refractivity contribution is -0.384. The smallest absolute Gasteiger partial charge is 0.293 e. The van der Waals surface area contributed by atoms with E-state index in [1.165, 1.54) is 6.07 Å². The molecule has 5 heteroatoms. The summed E-state index contributed by atoms with van der Waals surface area (Å²) in [6.45, 7) is 4.48. The van der Waals surface area contributed by atoms with Crippen LogP contribution in [0.25, 0.3) is 0 Å². The maximum absolute atomic E-state index is 10.9. The lowest BCUT2D eigenvalue weighted by Gasteiger charge is -2.08. The number of hydrogen-bond donors (Lipinski definition) is 1. The molecule has 0 fully saturated rings. The van der Waals surface area contributed by atoms with Crippen LogP contribution in [0, 0.1) is 10.1 Å². The largest absolute Gasteiger partial charge is 0.377 e. The highest BCUT2D eigenvalue weighted by atomic mass is 16.6. The standard InChI is InChI=1S/C11H13N3O2/c1-7-6-12-11-9(8(2)13-7)4-3-5-10(11)14(15)16/h3-5,7,12H,6H2,1-2H3. The summed E-state index contributed by atoms with van der Waals surface area (Å²) in [5, 5.41) is 14.0. The fourth-order valence-corrected chi connectivity index (χ4v) is 1.88. The van der Waals surface area contributed by atoms with E-state index in [9.17, 15) is 10.1 Å². The maximum Gasteiger partial charge on any atom is 0.293 e. The Morgan fingerprint density at radius 1 is 1.56 bits per heavy atom. The van der Waals surface area contributed by atoms with Crippen molar-refractivity contribution in [3.63, 3.8) is 0 Å². The molecule has 0 aromatic heterocycles. The second-order valence-electron chi connectivity index (χ2n) is 3.90. The van der Waals surface area contributed by atoms with Crippen molar-refractivity contribution in [2.45, 2.75) is 19.9 Å². The first-order chi connectivity index (χ1) is 7.59. The molecule has 1 aromatic rings. The fraction of sp³-hybridized carbons (Fsp3) is 0.364. The van der Waals surface area contributed by atoms with Crippen LogP contribution in [0.3, 0.4) is 0 Å². The zero-order valence-corrected chi connectivity index (χ0v) is 9.23. The molecule has 0 spiro atoms. The predicted octanol–water partition coefficient (Wildman–Crippen LogP) is 2.22. The van der Waals surface area contributed by atoms with E-state index in [1.807, 2.05) is 19.9 Å². The van der Waals surface area contributed by atoms with E-state index in [0.717, 1.165) is 11.3 Å². The molecule has 0 radical (unpaired) electrons. The molecule has 1 unspecified atom stereocenters. The molecular formula is C11H13N3O2. The van der Waals surface area contributed by atoms with Gasteiger partial charge in [0.15, 0.2) is 0 Å². The normalized spacial score (nSPS) is 19.1. The van der Waals surface area contributed by atoms with Gasteiger partial charge in [-0.1, -0.05) is 12.1 Å². The molecule has 1 atom stereocenters. The first kappa shape index (κ1) is 10.6. The van der Waals surface area contributed by atoms with Gasteiger partial charge in [0.25, 0.3) is 5.69 Å². The minimum atomic E-state index is -0.366. The van der Waals surface area contributed by atoms with Crippen molar-refractivity contribution < 1.29 is 4.92 Å². The molecule has 84 valence electrons. The topological polar surface area (TPSA) is 67.5 Å². The number of nitrogens with one attached hydrogen (secondary N) is 1. The Kier molecular flexibility index (Phi) is 2.60. The lowest BCUT2D eigenvalue weighted by Crippen LogP contribution is -2.13. The van der Waals surface area contributed by atoms with Crippen molar-refractivity contribution in [1.82, 2.24) is 0 Å². The summed E-state index contributed by atoms with van der Waals surface area (Å²) in [5.74, 6) is 0. The average molecular weight is 219 g/mol. The molecule has 16 heavy (non-hydrogen) atoms. The Bertz CT molecular complexity index is 468. The number of nitro benzene ring substituents is 1. The number of nitrogens with zero attached hydrogens (tertiary/aromatic N) is 2. The number of fused-ring (bicyclic) bond motifs is 1. The predicted molar refractivity (Wildman–Crippen MR) is 63.3 cm³/mol. The lowest BCUT2D eigenvalue weighted by atomic mass is 10.1. The van der Waals surface area contributed by atoms with E-state index < -0.39 is 0 Å². The minimum absolute atomic E-state index is 0.112. The van der Waals surface area contributed by atoms with E-state index in [2.05, 4.69) is 10.3 Å². The number of hydrogen-bond acceptors (Lipinski definition) is 4. The van der Waals surface area contributed by atoms with E-state index in [0.29, 0.717) is 12.2 Å². The van der Waals surface area contributed by atoms with Crippen molar-refractivity contribution in [3.05, 3.63) is 33.9 Å². The van der Waals surface area contributed by atoms with Crippen LogP contribution in [0.15, 0.2) is 23.2 Å². The van der Waals surface area contributed by atoms with Crippen molar-refractivity contribution in [3.8, 4) is 0 Å². The number of nitro groups is 1. The molecule has 0 aliphatic carbocycles. The van der Waals surface area contributed by atoms with Crippen molar-refractivity contribution >= 4 is 17.1 Å². The van der Waals surface area contributed by atoms with Gasteiger partial charge in [-0.05, 0) is 13.8 Å². The van der Waals surface area contributed by atoms with Gasteiger partial charge < -0.3 is 5.32 Å². The second-order valence-corrected chi connectivity index (χ2v) is 3.90. The summed E-state index contributed by atoms with van der Waals surface area (Å²) in [6, 6.07) is 5.18. The summed E-state index contributed by atoms with van der Waals surface area (Å²) < 4.78 is 0. The third-order valence-corrected chi connectivity index (χ3v) is 2.62. The van der Waals surface area contributed by atoms with Crippen LogP contribution in [0.4, 0.5) is 11.4 Å². The molecule has 1 N–H and O–H groups in total. The first-order valence-corrected chi connectivity index (χ1v) is 5.15. The third kappa shape index (κ3) is 1.76. The van der Waals surface area contributed by atoms with Gasteiger partial charge in [-0.2, -0.15) is 0 Å². The summed E-state index contributed by atoms with van der Waals surface area (Å²) in [5.41, 5.74) is 2.36. The van der Waals surface area contributed by atoms with Crippen LogP contribution in [0.5, 0.6) is 0 Å². The highest BCUT2D eigenvalue weighted by Gasteiger charge is 2.21. The van der Waals surface area contributed by atoms with Crippen LogP contribution in [0.2, 0.25) is 0 Å². The fourth-order valence-electron chi connectivity index (χ4n) is 1.88. The van der Waals surface area contributed by atoms with Gasteiger partial charge in [0, 0.05) is 23.9 Å². The molecule has 1 aliphatic rings. The number of anilines is 1. The van der Waals surface area contributed by atoms with Crippen LogP contribution in [-0.4, -0.2) is 23.2 Å². The molecule has 0 saturated heterocycles. The molecule has 2 rings (SSSR count). The van der Waals surface area contributed by atoms with Gasteiger partial charge in [0.2, 0.25) is 0 Å². The van der Waals surface area contributed by atoms with E-state index in [-0.39, 0.29) is 16.7 Å². The Morgan fingerprint density at radius 2 is 2.31 bits per heavy atom. The Balaban J connectivity index is 2.59. The van der Waals surface area contributed by atoms with Gasteiger partial charge in [-0.3, -0.25) is 15.1 Å². The van der Waals surface area contributed by atoms with E-state index in [4.69, 9.17) is 0 Å². The third-order valence-electron chi connectivity index (χ3n) is 2.62. The van der Waals surface area contributed by atoms with E-state index >= 15 is 0 Å². The monoisotopic (exact) mass is 219 g/mol. The van der Waals surface area contributed by atoms with Gasteiger partial charge in [-0.15, -0.1) is 0 Å². The molecule has 0 amide bonds. The summed E-state index contributed by atoms with van der Waals surface area (Å²) in [7, 11) is 0. The highest BCUT2D eigenvalue weighted by Crippen LogP contribution is 2.30. The minimum Gasteiger partial charge on any atom is -0.377 e. The molecule has 0 saturated carbocycles. The first-order valence-electron chi connectivity index (χ1n) is 5.15. The molecule has 1 aliphatic heterocycles. The number of benzodiazepines with no additional fused rings is 1. The van der Waals surface area contributed by atoms with Crippen molar-refractivity contribution in [2.75, 3.05) is 11.9 Å². The van der Waals surface area contributed by atoms with Gasteiger partial charge in [-0.25, -0.2) is 0 Å². The summed E-state index contributed by atoms with van der Waals surface area (Å²) >= 11 is 0. The molecule has 0 bridgehead atoms. The Labute approximate surface area is 93.3 Å². The number of para-hydroxylation sites is 1. The van der Waals surface area contributed by atoms with Crippen molar-refractivity contribution in [2.24, 2.45) is 4.99 Å². The summed E-state index contributed by atoms with van der Waals surface area (Å²) in [4.78, 5) is 15.0. The molecular weight excluding hydrogens is 206 g/mol. The van der Waals surface area contributed by atoms with Crippen LogP contribution >= 0.6 is 0 Å². The quantitative estimate of drug-likeness (QED) is 0.581. The zero-order chi connectivity index (χ0) is 11.7. The van der Waals surface area contributed by atoms with Gasteiger partial charge in [0.05, 0.1) is 11.0 Å². The molecule has 5 nitrogen and oxygen atoms in total. The zero-order valence-electron chi connectivity index (χ0n) is 9.23. The van der Waals surface area contributed by atoms with Gasteiger partial charge in [0.1, 0.15) is 5.69 Å². The molecule has 1 heterocycles. The maximum atomic E-state index is 10.9. The average Bonchev–Trinajstić information content (AvgIpc) is 2.38. The van der Waals surface area contributed by atoms with Crippen molar-refractivity contribution in [1.29, 1.82) is 0 Å². The van der Waals surface area contributed by atoms with Gasteiger partial charge >= 0.3 is 0 Å². The Morgan fingerprint density at radius 3 is 3.00 bits per heavy atom. The van der Waals surface area contributed by atoms with E-state index in [1.54, 1.807) is 6.07 Å². The highest BCUT2D eigenvalue weighted by molar-refractivity contribution is 6.05. The van der Waals surface area contributed by atoms with Crippen LogP contribution in [0.1, 0.15) is 19.4 Å². The van der Waals surface area contributed by atoms with Crippen LogP contribution in [-0.2, 0) is 0 Å². The number of aliphatic imine (C=N–C) groups is 1. The molecule has 1 aromatic carbocycles. The second kappa shape index (κ2) is 3.92.